The summed E-state index contributed by atoms with van der Waals surface area (Å²) in [6.07, 6.45) is 5.37. The van der Waals surface area contributed by atoms with Gasteiger partial charge in [0.15, 0.2) is 0 Å². The van der Waals surface area contributed by atoms with Crippen LogP contribution in [0.4, 0.5) is 0 Å². The fraction of sp³-hybridized carbons (Fsp3) is 0.625. The lowest BCUT2D eigenvalue weighted by Gasteiger charge is -2.14. The van der Waals surface area contributed by atoms with Crippen molar-refractivity contribution in [1.29, 1.82) is 0 Å². The average Bonchev–Trinajstić information content (AvgIpc) is 2.58. The van der Waals surface area contributed by atoms with E-state index < -0.39 is 0 Å². The van der Waals surface area contributed by atoms with Crippen molar-refractivity contribution in [2.45, 2.75) is 45.4 Å². The van der Waals surface area contributed by atoms with E-state index in [1.807, 2.05) is 0 Å². The van der Waals surface area contributed by atoms with Gasteiger partial charge in [0, 0.05) is 0 Å². The van der Waals surface area contributed by atoms with Crippen LogP contribution in [0.15, 0.2) is 24.3 Å². The minimum absolute atomic E-state index is 0.642. The normalized spacial score (nSPS) is 21.5. The van der Waals surface area contributed by atoms with Crippen molar-refractivity contribution in [1.82, 2.24) is 5.32 Å². The molecule has 1 saturated heterocycles. The Labute approximate surface area is 106 Å². The largest absolute Gasteiger partial charge is 0.316 e. The molecule has 17 heavy (non-hydrogen) atoms. The Kier molecular flexibility index (Phi) is 4.61. The summed E-state index contributed by atoms with van der Waals surface area (Å²) in [4.78, 5) is 0. The van der Waals surface area contributed by atoms with Crippen LogP contribution in [0.25, 0.3) is 0 Å². The minimum Gasteiger partial charge on any atom is -0.316 e. The minimum atomic E-state index is 0.642. The van der Waals surface area contributed by atoms with Gasteiger partial charge in [-0.1, -0.05) is 44.5 Å². The first-order chi connectivity index (χ1) is 8.25. The highest BCUT2D eigenvalue weighted by Crippen LogP contribution is 2.19. The molecule has 1 heterocycles. The summed E-state index contributed by atoms with van der Waals surface area (Å²) in [7, 11) is 0. The van der Waals surface area contributed by atoms with Crippen LogP contribution in [0.5, 0.6) is 0 Å². The van der Waals surface area contributed by atoms with Gasteiger partial charge in [-0.15, -0.1) is 0 Å². The molecule has 1 heteroatoms. The molecule has 0 radical (unpaired) electrons. The Balaban J connectivity index is 1.93. The number of benzene rings is 1. The maximum atomic E-state index is 3.55. The lowest BCUT2D eigenvalue weighted by atomic mass is 9.93. The number of hydrogen-bond donors (Lipinski definition) is 1. The fourth-order valence-electron chi connectivity index (χ4n) is 2.64. The first kappa shape index (κ1) is 12.6. The first-order valence-corrected chi connectivity index (χ1v) is 7.05. The standard InChI is InChI=1S/C16H25N/c1-13(2)16-8-6-14(7-9-16)11-15-5-3-4-10-17-12-15/h6-9,13,15,17H,3-5,10-12H2,1-2H3. The summed E-state index contributed by atoms with van der Waals surface area (Å²) >= 11 is 0. The van der Waals surface area contributed by atoms with E-state index in [-0.39, 0.29) is 0 Å². The Morgan fingerprint density at radius 3 is 2.65 bits per heavy atom. The highest BCUT2D eigenvalue weighted by molar-refractivity contribution is 5.25. The smallest absolute Gasteiger partial charge is 0.00173 e. The zero-order chi connectivity index (χ0) is 12.1. The molecule has 2 rings (SSSR count). The maximum Gasteiger partial charge on any atom is -0.00173 e. The zero-order valence-electron chi connectivity index (χ0n) is 11.2. The highest BCUT2D eigenvalue weighted by atomic mass is 14.9. The van der Waals surface area contributed by atoms with Crippen LogP contribution in [0.2, 0.25) is 0 Å². The zero-order valence-corrected chi connectivity index (χ0v) is 11.2. The summed E-state index contributed by atoms with van der Waals surface area (Å²) in [6, 6.07) is 9.23. The predicted molar refractivity (Wildman–Crippen MR) is 74.4 cm³/mol. The maximum absolute atomic E-state index is 3.55. The van der Waals surface area contributed by atoms with E-state index in [4.69, 9.17) is 0 Å². The van der Waals surface area contributed by atoms with Crippen molar-refractivity contribution in [3.05, 3.63) is 35.4 Å². The van der Waals surface area contributed by atoms with Crippen molar-refractivity contribution in [3.8, 4) is 0 Å². The summed E-state index contributed by atoms with van der Waals surface area (Å²) < 4.78 is 0. The second-order valence-electron chi connectivity index (χ2n) is 5.67. The van der Waals surface area contributed by atoms with Gasteiger partial charge in [0.2, 0.25) is 0 Å². The van der Waals surface area contributed by atoms with Crippen molar-refractivity contribution < 1.29 is 0 Å². The third-order valence-corrected chi connectivity index (χ3v) is 3.82. The van der Waals surface area contributed by atoms with E-state index in [9.17, 15) is 0 Å². The van der Waals surface area contributed by atoms with Gasteiger partial charge in [0.1, 0.15) is 0 Å². The van der Waals surface area contributed by atoms with Crippen LogP contribution in [0.1, 0.15) is 50.2 Å². The molecular weight excluding hydrogens is 206 g/mol. The van der Waals surface area contributed by atoms with Crippen molar-refractivity contribution in [2.24, 2.45) is 5.92 Å². The lowest BCUT2D eigenvalue weighted by molar-refractivity contribution is 0.477. The van der Waals surface area contributed by atoms with Crippen LogP contribution in [-0.4, -0.2) is 13.1 Å². The number of hydrogen-bond acceptors (Lipinski definition) is 1. The Morgan fingerprint density at radius 1 is 1.18 bits per heavy atom. The molecule has 1 aliphatic heterocycles. The Bertz CT molecular complexity index is 318. The number of nitrogens with one attached hydrogen (secondary N) is 1. The molecule has 1 unspecified atom stereocenters. The highest BCUT2D eigenvalue weighted by Gasteiger charge is 2.12. The van der Waals surface area contributed by atoms with Crippen molar-refractivity contribution in [2.75, 3.05) is 13.1 Å². The third kappa shape index (κ3) is 3.85. The summed E-state index contributed by atoms with van der Waals surface area (Å²) in [6.45, 7) is 6.92. The summed E-state index contributed by atoms with van der Waals surface area (Å²) in [5, 5.41) is 3.55. The molecule has 0 spiro atoms. The molecule has 0 amide bonds. The quantitative estimate of drug-likeness (QED) is 0.835. The van der Waals surface area contributed by atoms with Gasteiger partial charge in [-0.25, -0.2) is 0 Å². The van der Waals surface area contributed by atoms with Gasteiger partial charge in [0.25, 0.3) is 0 Å². The number of rotatable bonds is 3. The molecule has 1 fully saturated rings. The topological polar surface area (TPSA) is 12.0 Å². The predicted octanol–water partition coefficient (Wildman–Crippen LogP) is 3.74. The Hall–Kier alpha value is -0.820. The molecule has 0 aliphatic carbocycles. The van der Waals surface area contributed by atoms with Gasteiger partial charge in [0.05, 0.1) is 0 Å². The monoisotopic (exact) mass is 231 g/mol. The second kappa shape index (κ2) is 6.20. The van der Waals surface area contributed by atoms with Crippen LogP contribution in [-0.2, 0) is 6.42 Å². The average molecular weight is 231 g/mol. The van der Waals surface area contributed by atoms with E-state index >= 15 is 0 Å². The van der Waals surface area contributed by atoms with E-state index in [1.54, 1.807) is 0 Å². The lowest BCUT2D eigenvalue weighted by Crippen LogP contribution is -2.21. The van der Waals surface area contributed by atoms with Crippen LogP contribution in [0.3, 0.4) is 0 Å². The second-order valence-corrected chi connectivity index (χ2v) is 5.67. The van der Waals surface area contributed by atoms with Gasteiger partial charge in [-0.05, 0) is 55.3 Å². The van der Waals surface area contributed by atoms with Gasteiger partial charge in [-0.2, -0.15) is 0 Å². The van der Waals surface area contributed by atoms with E-state index in [1.165, 1.54) is 49.9 Å². The van der Waals surface area contributed by atoms with Gasteiger partial charge in [-0.3, -0.25) is 0 Å². The first-order valence-electron chi connectivity index (χ1n) is 7.05. The molecule has 94 valence electrons. The fourth-order valence-corrected chi connectivity index (χ4v) is 2.64. The molecule has 0 aromatic heterocycles. The molecule has 1 aromatic rings. The third-order valence-electron chi connectivity index (χ3n) is 3.82. The molecular formula is C16H25N. The molecule has 0 bridgehead atoms. The van der Waals surface area contributed by atoms with Crippen LogP contribution >= 0.6 is 0 Å². The van der Waals surface area contributed by atoms with E-state index in [2.05, 4.69) is 43.4 Å². The van der Waals surface area contributed by atoms with Crippen LogP contribution in [0, 0.1) is 5.92 Å². The molecule has 0 saturated carbocycles. The molecule has 1 atom stereocenters. The molecule has 1 aliphatic rings. The molecule has 1 nitrogen and oxygen atoms in total. The van der Waals surface area contributed by atoms with Crippen LogP contribution < -0.4 is 5.32 Å². The van der Waals surface area contributed by atoms with E-state index in [0.717, 1.165) is 5.92 Å². The van der Waals surface area contributed by atoms with Crippen molar-refractivity contribution in [3.63, 3.8) is 0 Å². The SMILES string of the molecule is CC(C)c1ccc(CC2CCCCNC2)cc1. The van der Waals surface area contributed by atoms with Gasteiger partial charge >= 0.3 is 0 Å². The van der Waals surface area contributed by atoms with Gasteiger partial charge < -0.3 is 5.32 Å². The molecule has 1 N–H and O–H groups in total. The molecule has 1 aromatic carbocycles. The van der Waals surface area contributed by atoms with E-state index in [0.29, 0.717) is 5.92 Å². The summed E-state index contributed by atoms with van der Waals surface area (Å²) in [5.74, 6) is 1.48. The summed E-state index contributed by atoms with van der Waals surface area (Å²) in [5.41, 5.74) is 2.95. The Morgan fingerprint density at radius 2 is 1.94 bits per heavy atom. The van der Waals surface area contributed by atoms with Crippen molar-refractivity contribution >= 4 is 0 Å².